The van der Waals surface area contributed by atoms with Crippen molar-refractivity contribution in [1.82, 2.24) is 9.62 Å². The monoisotopic (exact) mass is 407 g/mol. The minimum absolute atomic E-state index is 0.391. The van der Waals surface area contributed by atoms with Gasteiger partial charge in [-0.05, 0) is 67.7 Å². The van der Waals surface area contributed by atoms with Crippen LogP contribution in [0.4, 0.5) is 10.5 Å². The maximum atomic E-state index is 12.6. The largest absolute Gasteiger partial charge is 0.379 e. The highest BCUT2D eigenvalue weighted by atomic mass is 32.2. The van der Waals surface area contributed by atoms with Gasteiger partial charge >= 0.3 is 6.03 Å². The molecule has 2 amide bonds. The summed E-state index contributed by atoms with van der Waals surface area (Å²) in [6.45, 7) is 4.70. The van der Waals surface area contributed by atoms with Crippen molar-refractivity contribution in [3.05, 3.63) is 28.3 Å². The van der Waals surface area contributed by atoms with E-state index in [9.17, 15) is 13.2 Å². The first kappa shape index (κ1) is 19.7. The van der Waals surface area contributed by atoms with Crippen molar-refractivity contribution in [2.24, 2.45) is 0 Å². The molecule has 1 heterocycles. The summed E-state index contributed by atoms with van der Waals surface area (Å²) in [7, 11) is -3.75. The van der Waals surface area contributed by atoms with Gasteiger partial charge in [0.2, 0.25) is 10.0 Å². The van der Waals surface area contributed by atoms with Crippen LogP contribution in [0.3, 0.4) is 0 Å². The molecule has 7 nitrogen and oxygen atoms in total. The highest BCUT2D eigenvalue weighted by Gasteiger charge is 2.29. The maximum absolute atomic E-state index is 12.6. The van der Waals surface area contributed by atoms with Crippen LogP contribution in [0.2, 0.25) is 0 Å². The third-order valence-corrected chi connectivity index (χ3v) is 7.77. The van der Waals surface area contributed by atoms with Crippen LogP contribution >= 0.6 is 0 Å². The van der Waals surface area contributed by atoms with Crippen molar-refractivity contribution in [2.75, 3.05) is 38.2 Å². The van der Waals surface area contributed by atoms with Crippen molar-refractivity contribution < 1.29 is 17.9 Å². The van der Waals surface area contributed by atoms with Crippen LogP contribution in [0, 0.1) is 0 Å². The van der Waals surface area contributed by atoms with Gasteiger partial charge in [-0.25, -0.2) is 17.9 Å². The molecule has 0 saturated carbocycles. The van der Waals surface area contributed by atoms with Crippen LogP contribution in [-0.4, -0.2) is 57.4 Å². The summed E-state index contributed by atoms with van der Waals surface area (Å²) >= 11 is 0. The molecule has 1 fully saturated rings. The smallest absolute Gasteiger partial charge is 0.332 e. The lowest BCUT2D eigenvalue weighted by molar-refractivity contribution is 0.0383. The van der Waals surface area contributed by atoms with Gasteiger partial charge in [-0.15, -0.1) is 0 Å². The minimum atomic E-state index is -3.75. The molecule has 154 valence electrons. The number of ether oxygens (including phenoxy) is 1. The van der Waals surface area contributed by atoms with Gasteiger partial charge in [0.15, 0.2) is 0 Å². The van der Waals surface area contributed by atoms with E-state index in [2.05, 4.69) is 21.0 Å². The molecule has 0 radical (unpaired) electrons. The third kappa shape index (κ3) is 4.04. The fourth-order valence-corrected chi connectivity index (χ4v) is 5.50. The molecule has 1 atom stereocenters. The molecule has 2 aliphatic carbocycles. The second-order valence-electron chi connectivity index (χ2n) is 8.06. The standard InChI is InChI=1S/C20H29N3O4S/c1-14(13-23-8-10-27-11-9-23)28(25,26)22-20(24)21-19-17-6-2-4-15(17)12-16-5-3-7-18(16)19/h12,14H,2-11,13H2,1H3,(H2,21,22,24). The van der Waals surface area contributed by atoms with Crippen LogP contribution in [0.1, 0.15) is 42.0 Å². The number of sulfonamides is 1. The third-order valence-electron chi connectivity index (χ3n) is 6.10. The predicted octanol–water partition coefficient (Wildman–Crippen LogP) is 1.84. The van der Waals surface area contributed by atoms with Gasteiger partial charge in [0, 0.05) is 25.3 Å². The lowest BCUT2D eigenvalue weighted by Crippen LogP contribution is -2.47. The van der Waals surface area contributed by atoms with E-state index in [4.69, 9.17) is 4.74 Å². The minimum Gasteiger partial charge on any atom is -0.379 e. The summed E-state index contributed by atoms with van der Waals surface area (Å²) in [4.78, 5) is 14.6. The number of nitrogens with one attached hydrogen (secondary N) is 2. The van der Waals surface area contributed by atoms with Crippen LogP contribution in [-0.2, 0) is 40.4 Å². The number of amides is 2. The molecule has 8 heteroatoms. The summed E-state index contributed by atoms with van der Waals surface area (Å²) in [6, 6.07) is 1.64. The second kappa shape index (κ2) is 8.00. The predicted molar refractivity (Wildman–Crippen MR) is 108 cm³/mol. The average Bonchev–Trinajstić information content (AvgIpc) is 3.31. The first-order valence-corrected chi connectivity index (χ1v) is 11.8. The molecule has 1 aromatic rings. The SMILES string of the molecule is CC(CN1CCOCC1)S(=O)(=O)NC(=O)Nc1c2c(cc3c1CCC3)CCC2. The summed E-state index contributed by atoms with van der Waals surface area (Å²) in [5.41, 5.74) is 5.85. The van der Waals surface area contributed by atoms with Crippen molar-refractivity contribution in [2.45, 2.75) is 50.7 Å². The summed E-state index contributed by atoms with van der Waals surface area (Å²) in [5.74, 6) is 0. The first-order valence-electron chi connectivity index (χ1n) is 10.2. The Kier molecular flexibility index (Phi) is 5.62. The molecule has 4 rings (SSSR count). The summed E-state index contributed by atoms with van der Waals surface area (Å²) in [6.07, 6.45) is 6.13. The number of hydrogen-bond donors (Lipinski definition) is 2. The maximum Gasteiger partial charge on any atom is 0.332 e. The average molecular weight is 408 g/mol. The van der Waals surface area contributed by atoms with Gasteiger partial charge in [-0.1, -0.05) is 6.07 Å². The van der Waals surface area contributed by atoms with Gasteiger partial charge in [0.1, 0.15) is 0 Å². The van der Waals surface area contributed by atoms with Crippen molar-refractivity contribution in [1.29, 1.82) is 0 Å². The van der Waals surface area contributed by atoms with Crippen molar-refractivity contribution in [3.63, 3.8) is 0 Å². The molecule has 3 aliphatic rings. The number of nitrogens with zero attached hydrogens (tertiary/aromatic N) is 1. The Labute approximate surface area is 166 Å². The zero-order valence-corrected chi connectivity index (χ0v) is 17.2. The van der Waals surface area contributed by atoms with E-state index in [-0.39, 0.29) is 0 Å². The highest BCUT2D eigenvalue weighted by Crippen LogP contribution is 2.38. The molecular formula is C20H29N3O4S. The molecule has 0 aromatic heterocycles. The van der Waals surface area contributed by atoms with Crippen molar-refractivity contribution in [3.8, 4) is 0 Å². The Morgan fingerprint density at radius 1 is 1.11 bits per heavy atom. The number of fused-ring (bicyclic) bond motifs is 2. The van der Waals surface area contributed by atoms with Gasteiger partial charge in [0.25, 0.3) is 0 Å². The Morgan fingerprint density at radius 2 is 1.71 bits per heavy atom. The lowest BCUT2D eigenvalue weighted by Gasteiger charge is -2.28. The molecule has 1 unspecified atom stereocenters. The first-order chi connectivity index (χ1) is 13.4. The van der Waals surface area contributed by atoms with Gasteiger partial charge < -0.3 is 10.1 Å². The lowest BCUT2D eigenvalue weighted by atomic mass is 9.99. The fraction of sp³-hybridized carbons (Fsp3) is 0.650. The second-order valence-corrected chi connectivity index (χ2v) is 10.2. The molecule has 1 aromatic carbocycles. The number of aryl methyl sites for hydroxylation is 2. The van der Waals surface area contributed by atoms with E-state index in [1.165, 1.54) is 22.3 Å². The Balaban J connectivity index is 1.44. The zero-order chi connectivity index (χ0) is 19.7. The van der Waals surface area contributed by atoms with Gasteiger partial charge in [-0.3, -0.25) is 4.90 Å². The number of carbonyl (C=O) groups is 1. The number of rotatable bonds is 5. The van der Waals surface area contributed by atoms with E-state index >= 15 is 0 Å². The Hall–Kier alpha value is -1.64. The number of anilines is 1. The number of carbonyl (C=O) groups excluding carboxylic acids is 1. The zero-order valence-electron chi connectivity index (χ0n) is 16.4. The highest BCUT2D eigenvalue weighted by molar-refractivity contribution is 7.90. The van der Waals surface area contributed by atoms with Crippen LogP contribution in [0.25, 0.3) is 0 Å². The molecule has 0 bridgehead atoms. The number of morpholine rings is 1. The molecule has 1 aliphatic heterocycles. The summed E-state index contributed by atoms with van der Waals surface area (Å²) < 4.78 is 32.8. The molecule has 1 saturated heterocycles. The molecular weight excluding hydrogens is 378 g/mol. The number of hydrogen-bond acceptors (Lipinski definition) is 5. The van der Waals surface area contributed by atoms with E-state index in [0.29, 0.717) is 32.8 Å². The number of benzene rings is 1. The van der Waals surface area contributed by atoms with Gasteiger partial charge in [-0.2, -0.15) is 0 Å². The van der Waals surface area contributed by atoms with E-state index < -0.39 is 21.3 Å². The van der Waals surface area contributed by atoms with Crippen LogP contribution in [0.15, 0.2) is 6.07 Å². The van der Waals surface area contributed by atoms with Crippen LogP contribution < -0.4 is 10.0 Å². The quantitative estimate of drug-likeness (QED) is 0.778. The molecule has 28 heavy (non-hydrogen) atoms. The summed E-state index contributed by atoms with van der Waals surface area (Å²) in [5, 5.41) is 2.22. The Morgan fingerprint density at radius 3 is 2.32 bits per heavy atom. The van der Waals surface area contributed by atoms with Gasteiger partial charge in [0.05, 0.1) is 18.5 Å². The van der Waals surface area contributed by atoms with E-state index in [1.54, 1.807) is 6.92 Å². The molecule has 2 N–H and O–H groups in total. The topological polar surface area (TPSA) is 87.7 Å². The fourth-order valence-electron chi connectivity index (χ4n) is 4.58. The van der Waals surface area contributed by atoms with Crippen LogP contribution in [0.5, 0.6) is 0 Å². The normalized spacial score (nSPS) is 20.5. The van der Waals surface area contributed by atoms with E-state index in [1.807, 2.05) is 0 Å². The van der Waals surface area contributed by atoms with Crippen molar-refractivity contribution >= 4 is 21.7 Å². The van der Waals surface area contributed by atoms with E-state index in [0.717, 1.165) is 44.2 Å². The molecule has 0 spiro atoms. The number of urea groups is 1. The Bertz CT molecular complexity index is 830.